The van der Waals surface area contributed by atoms with Gasteiger partial charge in [-0.15, -0.1) is 0 Å². The minimum Gasteiger partial charge on any atom is -0.378 e. The first-order chi connectivity index (χ1) is 11.6. The lowest BCUT2D eigenvalue weighted by Crippen LogP contribution is -2.39. The van der Waals surface area contributed by atoms with E-state index in [-0.39, 0.29) is 18.4 Å². The van der Waals surface area contributed by atoms with Crippen molar-refractivity contribution >= 4 is 11.8 Å². The number of rotatable bonds is 5. The summed E-state index contributed by atoms with van der Waals surface area (Å²) in [5, 5.41) is 19.1. The van der Waals surface area contributed by atoms with Crippen LogP contribution >= 0.6 is 0 Å². The summed E-state index contributed by atoms with van der Waals surface area (Å²) in [4.78, 5) is 26.0. The third kappa shape index (κ3) is 2.92. The van der Waals surface area contributed by atoms with Crippen LogP contribution in [0.1, 0.15) is 26.3 Å². The van der Waals surface area contributed by atoms with Gasteiger partial charge in [0.15, 0.2) is 0 Å². The van der Waals surface area contributed by atoms with Gasteiger partial charge in [0.1, 0.15) is 6.10 Å². The zero-order valence-corrected chi connectivity index (χ0v) is 12.9. The molecule has 0 radical (unpaired) electrons. The summed E-state index contributed by atoms with van der Waals surface area (Å²) >= 11 is 0. The first kappa shape index (κ1) is 15.9. The van der Waals surface area contributed by atoms with E-state index < -0.39 is 12.0 Å². The third-order valence-corrected chi connectivity index (χ3v) is 4.21. The molecule has 0 saturated carbocycles. The average Bonchev–Trinajstić information content (AvgIpc) is 2.86. The molecule has 1 aliphatic rings. The van der Waals surface area contributed by atoms with Crippen LogP contribution in [0.5, 0.6) is 0 Å². The molecule has 0 saturated heterocycles. The predicted octanol–water partition coefficient (Wildman–Crippen LogP) is 2.03. The highest BCUT2D eigenvalue weighted by Gasteiger charge is 2.37. The average molecular weight is 320 g/mol. The maximum Gasteiger partial charge on any atom is 0.261 e. The SMILES string of the molecule is N#CC(O)C(Cc1ccccc1)CN1C(=O)c2ccccc2C1=O. The molecule has 2 amide bonds. The van der Waals surface area contributed by atoms with E-state index in [2.05, 4.69) is 0 Å². The molecule has 1 heterocycles. The van der Waals surface area contributed by atoms with Gasteiger partial charge in [0.25, 0.3) is 11.8 Å². The van der Waals surface area contributed by atoms with Crippen LogP contribution in [0.4, 0.5) is 0 Å². The van der Waals surface area contributed by atoms with E-state index in [1.807, 2.05) is 36.4 Å². The van der Waals surface area contributed by atoms with Gasteiger partial charge in [-0.2, -0.15) is 5.26 Å². The van der Waals surface area contributed by atoms with Gasteiger partial charge in [0.2, 0.25) is 0 Å². The molecule has 1 aliphatic heterocycles. The van der Waals surface area contributed by atoms with Crippen molar-refractivity contribution in [3.63, 3.8) is 0 Å². The molecule has 3 rings (SSSR count). The summed E-state index contributed by atoms with van der Waals surface area (Å²) in [7, 11) is 0. The van der Waals surface area contributed by atoms with Crippen molar-refractivity contribution in [1.29, 1.82) is 5.26 Å². The normalized spacial score (nSPS) is 15.8. The minimum atomic E-state index is -1.26. The Morgan fingerprint density at radius 1 is 0.958 bits per heavy atom. The number of nitriles is 1. The van der Waals surface area contributed by atoms with Gasteiger partial charge in [-0.25, -0.2) is 0 Å². The molecule has 0 aromatic heterocycles. The minimum absolute atomic E-state index is 0.00989. The largest absolute Gasteiger partial charge is 0.378 e. The molecule has 5 heteroatoms. The van der Waals surface area contributed by atoms with Gasteiger partial charge in [-0.05, 0) is 24.1 Å². The Kier molecular flexibility index (Phi) is 4.41. The fourth-order valence-electron chi connectivity index (χ4n) is 2.94. The van der Waals surface area contributed by atoms with Crippen LogP contribution in [0.3, 0.4) is 0 Å². The smallest absolute Gasteiger partial charge is 0.261 e. The van der Waals surface area contributed by atoms with Gasteiger partial charge in [0.05, 0.1) is 17.2 Å². The summed E-state index contributed by atoms with van der Waals surface area (Å²) in [5.74, 6) is -1.29. The zero-order chi connectivity index (χ0) is 17.1. The maximum absolute atomic E-state index is 12.4. The molecule has 0 spiro atoms. The van der Waals surface area contributed by atoms with Crippen LogP contribution in [0.15, 0.2) is 54.6 Å². The highest BCUT2D eigenvalue weighted by molar-refractivity contribution is 6.21. The summed E-state index contributed by atoms with van der Waals surface area (Å²) in [5.41, 5.74) is 1.67. The van der Waals surface area contributed by atoms with Crippen LogP contribution in [-0.4, -0.2) is 34.5 Å². The van der Waals surface area contributed by atoms with Crippen LogP contribution in [-0.2, 0) is 6.42 Å². The molecule has 0 aliphatic carbocycles. The maximum atomic E-state index is 12.4. The topological polar surface area (TPSA) is 81.4 Å². The zero-order valence-electron chi connectivity index (χ0n) is 12.9. The van der Waals surface area contributed by atoms with Crippen molar-refractivity contribution in [2.24, 2.45) is 5.92 Å². The number of fused-ring (bicyclic) bond motifs is 1. The van der Waals surface area contributed by atoms with Crippen LogP contribution in [0.25, 0.3) is 0 Å². The van der Waals surface area contributed by atoms with Gasteiger partial charge < -0.3 is 5.11 Å². The Labute approximate surface area is 139 Å². The van der Waals surface area contributed by atoms with E-state index in [0.29, 0.717) is 17.5 Å². The van der Waals surface area contributed by atoms with Gasteiger partial charge >= 0.3 is 0 Å². The molecule has 2 aromatic carbocycles. The molecule has 24 heavy (non-hydrogen) atoms. The van der Waals surface area contributed by atoms with Crippen molar-refractivity contribution in [3.05, 3.63) is 71.3 Å². The van der Waals surface area contributed by atoms with Crippen LogP contribution in [0.2, 0.25) is 0 Å². The second-order valence-corrected chi connectivity index (χ2v) is 5.79. The van der Waals surface area contributed by atoms with E-state index in [0.717, 1.165) is 10.5 Å². The summed E-state index contributed by atoms with van der Waals surface area (Å²) in [6, 6.07) is 17.8. The second kappa shape index (κ2) is 6.65. The van der Waals surface area contributed by atoms with Crippen molar-refractivity contribution < 1.29 is 14.7 Å². The third-order valence-electron chi connectivity index (χ3n) is 4.21. The first-order valence-corrected chi connectivity index (χ1v) is 7.68. The van der Waals surface area contributed by atoms with Crippen molar-refractivity contribution in [3.8, 4) is 6.07 Å². The predicted molar refractivity (Wildman–Crippen MR) is 87.1 cm³/mol. The summed E-state index contributed by atoms with van der Waals surface area (Å²) in [6.45, 7) is 0.00989. The van der Waals surface area contributed by atoms with Crippen LogP contribution in [0, 0.1) is 17.2 Å². The van der Waals surface area contributed by atoms with E-state index in [9.17, 15) is 14.7 Å². The second-order valence-electron chi connectivity index (χ2n) is 5.79. The lowest BCUT2D eigenvalue weighted by Gasteiger charge is -2.23. The molecule has 2 atom stereocenters. The van der Waals surface area contributed by atoms with E-state index in [4.69, 9.17) is 5.26 Å². The lowest BCUT2D eigenvalue weighted by molar-refractivity contribution is 0.0575. The Morgan fingerprint density at radius 2 is 1.50 bits per heavy atom. The molecular formula is C19H16N2O3. The fraction of sp³-hybridized carbons (Fsp3) is 0.211. The van der Waals surface area contributed by atoms with Crippen LogP contribution < -0.4 is 0 Å². The molecule has 0 fully saturated rings. The number of amides is 2. The molecule has 2 aromatic rings. The highest BCUT2D eigenvalue weighted by Crippen LogP contribution is 2.25. The summed E-state index contributed by atoms with van der Waals surface area (Å²) < 4.78 is 0. The molecule has 5 nitrogen and oxygen atoms in total. The van der Waals surface area contributed by atoms with E-state index >= 15 is 0 Å². The monoisotopic (exact) mass is 320 g/mol. The highest BCUT2D eigenvalue weighted by atomic mass is 16.3. The summed E-state index contributed by atoms with van der Waals surface area (Å²) in [6.07, 6.45) is -0.849. The molecular weight excluding hydrogens is 304 g/mol. The van der Waals surface area contributed by atoms with E-state index in [1.165, 1.54) is 0 Å². The quantitative estimate of drug-likeness (QED) is 0.675. The number of aliphatic hydroxyl groups excluding tert-OH is 1. The number of nitrogens with zero attached hydrogens (tertiary/aromatic N) is 2. The fourth-order valence-corrected chi connectivity index (χ4v) is 2.94. The number of aliphatic hydroxyl groups is 1. The Hall–Kier alpha value is -2.97. The number of hydrogen-bond acceptors (Lipinski definition) is 4. The standard InChI is InChI=1S/C19H16N2O3/c20-11-17(22)14(10-13-6-2-1-3-7-13)12-21-18(23)15-8-4-5-9-16(15)19(21)24/h1-9,14,17,22H,10,12H2. The van der Waals surface area contributed by atoms with Gasteiger partial charge in [0, 0.05) is 12.5 Å². The number of hydrogen-bond donors (Lipinski definition) is 1. The Morgan fingerprint density at radius 3 is 2.04 bits per heavy atom. The number of carbonyl (C=O) groups excluding carboxylic acids is 2. The van der Waals surface area contributed by atoms with Crippen molar-refractivity contribution in [2.75, 3.05) is 6.54 Å². The van der Waals surface area contributed by atoms with Gasteiger partial charge in [-0.3, -0.25) is 14.5 Å². The number of carbonyl (C=O) groups is 2. The van der Waals surface area contributed by atoms with Crippen molar-refractivity contribution in [2.45, 2.75) is 12.5 Å². The molecule has 120 valence electrons. The Balaban J connectivity index is 1.83. The van der Waals surface area contributed by atoms with Crippen molar-refractivity contribution in [1.82, 2.24) is 4.90 Å². The lowest BCUT2D eigenvalue weighted by atomic mass is 9.94. The van der Waals surface area contributed by atoms with Gasteiger partial charge in [-0.1, -0.05) is 42.5 Å². The van der Waals surface area contributed by atoms with E-state index in [1.54, 1.807) is 24.3 Å². The Bertz CT molecular complexity index is 776. The number of benzene rings is 2. The molecule has 2 unspecified atom stereocenters. The molecule has 0 bridgehead atoms. The first-order valence-electron chi connectivity index (χ1n) is 7.68. The number of imide groups is 1. The molecule has 1 N–H and O–H groups in total.